The number of carbonyl (C=O) groups excluding carboxylic acids is 4. The highest BCUT2D eigenvalue weighted by Gasteiger charge is 2.59. The number of piperazine rings is 1. The molecular weight excluding hydrogens is 362 g/mol. The van der Waals surface area contributed by atoms with Gasteiger partial charge in [0.1, 0.15) is 12.6 Å². The van der Waals surface area contributed by atoms with Gasteiger partial charge in [-0.3, -0.25) is 24.1 Å². The van der Waals surface area contributed by atoms with Crippen molar-refractivity contribution in [2.75, 3.05) is 39.3 Å². The van der Waals surface area contributed by atoms with Crippen LogP contribution in [0.25, 0.3) is 0 Å². The molecule has 0 N–H and O–H groups in total. The Morgan fingerprint density at radius 1 is 0.964 bits per heavy atom. The van der Waals surface area contributed by atoms with E-state index < -0.39 is 0 Å². The Labute approximate surface area is 163 Å². The van der Waals surface area contributed by atoms with Crippen LogP contribution >= 0.6 is 0 Å². The van der Waals surface area contributed by atoms with Crippen LogP contribution in [0.5, 0.6) is 0 Å². The van der Waals surface area contributed by atoms with Gasteiger partial charge in [-0.25, -0.2) is 0 Å². The molecule has 8 heteroatoms. The smallest absolute Gasteiger partial charge is 0.251 e. The lowest BCUT2D eigenvalue weighted by atomic mass is 9.85. The number of carbonyl (C=O) groups is 4. The van der Waals surface area contributed by atoms with Crippen molar-refractivity contribution in [3.63, 3.8) is 0 Å². The van der Waals surface area contributed by atoms with Crippen molar-refractivity contribution >= 4 is 23.6 Å². The summed E-state index contributed by atoms with van der Waals surface area (Å²) in [6.07, 6.45) is 6.31. The molecule has 28 heavy (non-hydrogen) atoms. The van der Waals surface area contributed by atoms with E-state index in [0.717, 1.165) is 19.3 Å². The van der Waals surface area contributed by atoms with E-state index >= 15 is 0 Å². The zero-order valence-electron chi connectivity index (χ0n) is 15.8. The fourth-order valence-corrected chi connectivity index (χ4v) is 5.51. The molecule has 0 aromatic heterocycles. The molecule has 0 spiro atoms. The number of ether oxygens (including phenoxy) is 1. The monoisotopic (exact) mass is 387 g/mol. The molecule has 8 nitrogen and oxygen atoms in total. The van der Waals surface area contributed by atoms with Crippen LogP contribution in [-0.4, -0.2) is 83.8 Å². The molecule has 5 aliphatic rings. The van der Waals surface area contributed by atoms with Crippen molar-refractivity contribution in [3.8, 4) is 0 Å². The predicted octanol–water partition coefficient (Wildman–Crippen LogP) is -0.357. The Hall–Kier alpha value is -2.22. The molecule has 1 saturated carbocycles. The number of amides is 4. The highest BCUT2D eigenvalue weighted by molar-refractivity contribution is 6.08. The molecule has 2 aliphatic carbocycles. The average Bonchev–Trinajstić information content (AvgIpc) is 3.49. The van der Waals surface area contributed by atoms with Crippen molar-refractivity contribution in [1.29, 1.82) is 0 Å². The number of hydrogen-bond acceptors (Lipinski definition) is 5. The van der Waals surface area contributed by atoms with E-state index in [-0.39, 0.29) is 59.9 Å². The first-order valence-electron chi connectivity index (χ1n) is 10.3. The molecule has 0 aromatic rings. The van der Waals surface area contributed by atoms with Gasteiger partial charge in [0.15, 0.2) is 0 Å². The second kappa shape index (κ2) is 6.69. The summed E-state index contributed by atoms with van der Waals surface area (Å²) in [6.45, 7) is 2.23. The molecule has 150 valence electrons. The van der Waals surface area contributed by atoms with Crippen LogP contribution in [0.2, 0.25) is 0 Å². The minimum absolute atomic E-state index is 0.00491. The normalized spacial score (nSPS) is 36.6. The number of allylic oxidation sites excluding steroid dienone is 2. The van der Waals surface area contributed by atoms with Crippen molar-refractivity contribution in [2.24, 2.45) is 23.7 Å². The summed E-state index contributed by atoms with van der Waals surface area (Å²) in [4.78, 5) is 55.2. The maximum absolute atomic E-state index is 12.7. The van der Waals surface area contributed by atoms with Gasteiger partial charge in [-0.2, -0.15) is 0 Å². The van der Waals surface area contributed by atoms with E-state index in [0.29, 0.717) is 32.8 Å². The number of likely N-dealkylation sites (tertiary alicyclic amines) is 1. The Kier molecular flexibility index (Phi) is 4.26. The summed E-state index contributed by atoms with van der Waals surface area (Å²) < 4.78 is 5.45. The summed E-state index contributed by atoms with van der Waals surface area (Å²) in [7, 11) is 0. The quantitative estimate of drug-likeness (QED) is 0.488. The van der Waals surface area contributed by atoms with Gasteiger partial charge in [0.25, 0.3) is 5.91 Å². The van der Waals surface area contributed by atoms with E-state index in [1.807, 2.05) is 12.2 Å². The second-order valence-corrected chi connectivity index (χ2v) is 8.47. The minimum atomic E-state index is -0.342. The maximum Gasteiger partial charge on any atom is 0.251 e. The molecule has 3 saturated heterocycles. The largest absolute Gasteiger partial charge is 0.368 e. The molecule has 5 rings (SSSR count). The third kappa shape index (κ3) is 2.69. The van der Waals surface area contributed by atoms with Gasteiger partial charge in [-0.15, -0.1) is 0 Å². The number of rotatable bonds is 3. The van der Waals surface area contributed by atoms with Crippen LogP contribution in [0.3, 0.4) is 0 Å². The first kappa shape index (κ1) is 17.8. The summed E-state index contributed by atoms with van der Waals surface area (Å²) in [5.41, 5.74) is 0. The molecule has 3 heterocycles. The lowest BCUT2D eigenvalue weighted by Crippen LogP contribution is -2.54. The van der Waals surface area contributed by atoms with Gasteiger partial charge in [0.05, 0.1) is 11.8 Å². The number of nitrogens with zero attached hydrogens (tertiary/aromatic N) is 3. The van der Waals surface area contributed by atoms with E-state index in [2.05, 4.69) is 0 Å². The zero-order chi connectivity index (χ0) is 19.4. The molecule has 4 fully saturated rings. The third-order valence-electron chi connectivity index (χ3n) is 7.00. The highest BCUT2D eigenvalue weighted by atomic mass is 16.5. The van der Waals surface area contributed by atoms with Gasteiger partial charge in [0.2, 0.25) is 17.7 Å². The Bertz CT molecular complexity index is 721. The van der Waals surface area contributed by atoms with Crippen LogP contribution in [0.1, 0.15) is 19.3 Å². The van der Waals surface area contributed by atoms with Crippen LogP contribution in [0, 0.1) is 23.7 Å². The standard InChI is InChI=1S/C20H25N3O5/c24-15(21-5-7-22(8-6-21)18(25)14-2-1-9-28-14)11-23-19(26)16-12-3-4-13(10-12)17(16)20(23)27/h3-4,12-14,16-17H,1-2,5-11H2. The van der Waals surface area contributed by atoms with Gasteiger partial charge < -0.3 is 14.5 Å². The highest BCUT2D eigenvalue weighted by Crippen LogP contribution is 2.52. The summed E-state index contributed by atoms with van der Waals surface area (Å²) in [6, 6.07) is 0. The Balaban J connectivity index is 1.17. The van der Waals surface area contributed by atoms with E-state index in [9.17, 15) is 19.2 Å². The third-order valence-corrected chi connectivity index (χ3v) is 7.00. The summed E-state index contributed by atoms with van der Waals surface area (Å²) in [5.74, 6) is -0.818. The molecule has 5 unspecified atom stereocenters. The van der Waals surface area contributed by atoms with E-state index in [1.165, 1.54) is 4.90 Å². The molecular formula is C20H25N3O5. The van der Waals surface area contributed by atoms with Crippen molar-refractivity contribution < 1.29 is 23.9 Å². The topological polar surface area (TPSA) is 87.2 Å². The molecule has 0 radical (unpaired) electrons. The first-order chi connectivity index (χ1) is 13.5. The van der Waals surface area contributed by atoms with Crippen molar-refractivity contribution in [1.82, 2.24) is 14.7 Å². The van der Waals surface area contributed by atoms with E-state index in [4.69, 9.17) is 4.74 Å². The van der Waals surface area contributed by atoms with Gasteiger partial charge in [-0.05, 0) is 31.1 Å². The van der Waals surface area contributed by atoms with Crippen LogP contribution in [-0.2, 0) is 23.9 Å². The molecule has 5 atom stereocenters. The average molecular weight is 387 g/mol. The minimum Gasteiger partial charge on any atom is -0.368 e. The van der Waals surface area contributed by atoms with E-state index in [1.54, 1.807) is 9.80 Å². The van der Waals surface area contributed by atoms with Crippen molar-refractivity contribution in [2.45, 2.75) is 25.4 Å². The van der Waals surface area contributed by atoms with Gasteiger partial charge in [-0.1, -0.05) is 12.2 Å². The zero-order valence-corrected chi connectivity index (χ0v) is 15.8. The lowest BCUT2D eigenvalue weighted by molar-refractivity contribution is -0.149. The molecule has 2 bridgehead atoms. The number of hydrogen-bond donors (Lipinski definition) is 0. The number of fused-ring (bicyclic) bond motifs is 5. The first-order valence-corrected chi connectivity index (χ1v) is 10.3. The van der Waals surface area contributed by atoms with Gasteiger partial charge in [0, 0.05) is 32.8 Å². The molecule has 0 aromatic carbocycles. The molecule has 3 aliphatic heterocycles. The fourth-order valence-electron chi connectivity index (χ4n) is 5.51. The lowest BCUT2D eigenvalue weighted by Gasteiger charge is -2.36. The maximum atomic E-state index is 12.7. The van der Waals surface area contributed by atoms with Crippen molar-refractivity contribution in [3.05, 3.63) is 12.2 Å². The van der Waals surface area contributed by atoms with Crippen LogP contribution < -0.4 is 0 Å². The van der Waals surface area contributed by atoms with Gasteiger partial charge >= 0.3 is 0 Å². The predicted molar refractivity (Wildman–Crippen MR) is 96.6 cm³/mol. The molecule has 4 amide bonds. The summed E-state index contributed by atoms with van der Waals surface area (Å²) in [5, 5.41) is 0. The van der Waals surface area contributed by atoms with Crippen LogP contribution in [0.4, 0.5) is 0 Å². The Morgan fingerprint density at radius 3 is 2.14 bits per heavy atom. The fraction of sp³-hybridized carbons (Fsp3) is 0.700. The van der Waals surface area contributed by atoms with Crippen LogP contribution in [0.15, 0.2) is 12.2 Å². The number of imide groups is 1. The SMILES string of the molecule is O=C(CN1C(=O)C2C3C=CC(C3)C2C1=O)N1CCN(C(=O)C2CCCO2)CC1. The summed E-state index contributed by atoms with van der Waals surface area (Å²) >= 11 is 0. The Morgan fingerprint density at radius 2 is 1.57 bits per heavy atom. The second-order valence-electron chi connectivity index (χ2n) is 8.47.